The average molecular weight is 280 g/mol. The maximum Gasteiger partial charge on any atom is 0.319 e. The minimum absolute atomic E-state index is 0.00679. The van der Waals surface area contributed by atoms with E-state index in [4.69, 9.17) is 9.84 Å². The predicted molar refractivity (Wildman–Crippen MR) is 80.1 cm³/mol. The van der Waals surface area contributed by atoms with Gasteiger partial charge in [0.15, 0.2) is 0 Å². The molecule has 0 saturated carbocycles. The monoisotopic (exact) mass is 280 g/mol. The fourth-order valence-electron chi connectivity index (χ4n) is 1.57. The van der Waals surface area contributed by atoms with Gasteiger partial charge in [0.1, 0.15) is 5.75 Å². The van der Waals surface area contributed by atoms with Gasteiger partial charge in [0.05, 0.1) is 12.3 Å². The van der Waals surface area contributed by atoms with Gasteiger partial charge in [-0.15, -0.1) is 0 Å². The Balaban J connectivity index is 2.61. The van der Waals surface area contributed by atoms with E-state index in [1.807, 2.05) is 39.0 Å². The third-order valence-corrected chi connectivity index (χ3v) is 3.10. The normalized spacial score (nSPS) is 13.4. The molecule has 1 aromatic carbocycles. The lowest BCUT2D eigenvalue weighted by Crippen LogP contribution is -2.40. The van der Waals surface area contributed by atoms with E-state index < -0.39 is 0 Å². The molecule has 0 fully saturated rings. The molecule has 0 aliphatic heterocycles. The average Bonchev–Trinajstić information content (AvgIpc) is 2.45. The number of anilines is 1. The van der Waals surface area contributed by atoms with Gasteiger partial charge < -0.3 is 20.5 Å². The van der Waals surface area contributed by atoms with Crippen LogP contribution in [0.15, 0.2) is 24.3 Å². The highest BCUT2D eigenvalue weighted by molar-refractivity contribution is 5.91. The van der Waals surface area contributed by atoms with Crippen molar-refractivity contribution in [3.05, 3.63) is 24.3 Å². The van der Waals surface area contributed by atoms with E-state index in [0.29, 0.717) is 18.0 Å². The maximum absolute atomic E-state index is 11.9. The van der Waals surface area contributed by atoms with E-state index in [2.05, 4.69) is 10.6 Å². The van der Waals surface area contributed by atoms with Gasteiger partial charge in [-0.3, -0.25) is 0 Å². The summed E-state index contributed by atoms with van der Waals surface area (Å²) in [6.07, 6.45) is 0.908. The van der Waals surface area contributed by atoms with E-state index in [1.54, 1.807) is 6.07 Å². The van der Waals surface area contributed by atoms with Crippen LogP contribution in [0.25, 0.3) is 0 Å². The largest absolute Gasteiger partial charge is 0.491 e. The number of rotatable bonds is 7. The Morgan fingerprint density at radius 1 is 1.35 bits per heavy atom. The summed E-state index contributed by atoms with van der Waals surface area (Å²) in [7, 11) is 0. The van der Waals surface area contributed by atoms with Crippen molar-refractivity contribution < 1.29 is 14.6 Å². The van der Waals surface area contributed by atoms with Crippen LogP contribution in [0.1, 0.15) is 27.2 Å². The van der Waals surface area contributed by atoms with Gasteiger partial charge in [-0.05, 0) is 31.4 Å². The molecule has 3 N–H and O–H groups in total. The molecule has 2 unspecified atom stereocenters. The van der Waals surface area contributed by atoms with Gasteiger partial charge in [0, 0.05) is 12.6 Å². The molecular weight excluding hydrogens is 256 g/mol. The molecule has 0 radical (unpaired) electrons. The number of para-hydroxylation sites is 2. The molecule has 2 amide bonds. The van der Waals surface area contributed by atoms with Crippen molar-refractivity contribution in [2.24, 2.45) is 5.92 Å². The Morgan fingerprint density at radius 2 is 2.05 bits per heavy atom. The molecule has 5 nitrogen and oxygen atoms in total. The molecule has 0 heterocycles. The quantitative estimate of drug-likeness (QED) is 0.719. The van der Waals surface area contributed by atoms with E-state index in [9.17, 15) is 4.79 Å². The first kappa shape index (κ1) is 16.3. The smallest absolute Gasteiger partial charge is 0.319 e. The molecule has 112 valence electrons. The van der Waals surface area contributed by atoms with Crippen LogP contribution in [-0.2, 0) is 0 Å². The highest BCUT2D eigenvalue weighted by atomic mass is 16.5. The summed E-state index contributed by atoms with van der Waals surface area (Å²) in [6.45, 7) is 6.42. The van der Waals surface area contributed by atoms with Crippen LogP contribution in [0.5, 0.6) is 5.75 Å². The second-order valence-electron chi connectivity index (χ2n) is 4.89. The second kappa shape index (κ2) is 8.43. The Morgan fingerprint density at radius 3 is 2.70 bits per heavy atom. The summed E-state index contributed by atoms with van der Waals surface area (Å²) in [6, 6.07) is 6.92. The molecule has 0 aromatic heterocycles. The molecular formula is C15H24N2O3. The van der Waals surface area contributed by atoms with Gasteiger partial charge in [-0.2, -0.15) is 0 Å². The topological polar surface area (TPSA) is 70.6 Å². The van der Waals surface area contributed by atoms with Crippen molar-refractivity contribution in [1.82, 2.24) is 5.32 Å². The number of aliphatic hydroxyl groups is 1. The zero-order valence-electron chi connectivity index (χ0n) is 12.3. The summed E-state index contributed by atoms with van der Waals surface area (Å²) in [5.74, 6) is 0.666. The number of carbonyl (C=O) groups is 1. The highest BCUT2D eigenvalue weighted by Crippen LogP contribution is 2.23. The van der Waals surface area contributed by atoms with E-state index in [-0.39, 0.29) is 24.6 Å². The van der Waals surface area contributed by atoms with Gasteiger partial charge in [0.25, 0.3) is 0 Å². The molecule has 0 spiro atoms. The standard InChI is InChI=1S/C15H24N2O3/c1-4-9-20-14-8-6-5-7-13(14)17-15(19)16-12(3)11(2)10-18/h5-8,11-12,18H,4,9-10H2,1-3H3,(H2,16,17,19). The van der Waals surface area contributed by atoms with Crippen molar-refractivity contribution in [3.63, 3.8) is 0 Å². The molecule has 0 bridgehead atoms. The van der Waals surface area contributed by atoms with Crippen LogP contribution in [0.2, 0.25) is 0 Å². The summed E-state index contributed by atoms with van der Waals surface area (Å²) >= 11 is 0. The first-order valence-corrected chi connectivity index (χ1v) is 6.98. The number of hydrogen-bond donors (Lipinski definition) is 3. The molecule has 2 atom stereocenters. The number of nitrogens with one attached hydrogen (secondary N) is 2. The van der Waals surface area contributed by atoms with Crippen LogP contribution < -0.4 is 15.4 Å². The minimum Gasteiger partial charge on any atom is -0.491 e. The van der Waals surface area contributed by atoms with Crippen LogP contribution in [0.3, 0.4) is 0 Å². The maximum atomic E-state index is 11.9. The molecule has 0 aliphatic carbocycles. The number of carbonyl (C=O) groups excluding carboxylic acids is 1. The summed E-state index contributed by atoms with van der Waals surface area (Å²) in [5, 5.41) is 14.6. The molecule has 20 heavy (non-hydrogen) atoms. The Kier molecular flexibility index (Phi) is 6.87. The molecule has 1 rings (SSSR count). The molecule has 0 aliphatic rings. The third-order valence-electron chi connectivity index (χ3n) is 3.10. The van der Waals surface area contributed by atoms with Gasteiger partial charge in [0.2, 0.25) is 0 Å². The zero-order chi connectivity index (χ0) is 15.0. The number of hydrogen-bond acceptors (Lipinski definition) is 3. The van der Waals surface area contributed by atoms with Gasteiger partial charge >= 0.3 is 6.03 Å². The van der Waals surface area contributed by atoms with Crippen molar-refractivity contribution in [3.8, 4) is 5.75 Å². The minimum atomic E-state index is -0.301. The van der Waals surface area contributed by atoms with Crippen molar-refractivity contribution in [1.29, 1.82) is 0 Å². The first-order chi connectivity index (χ1) is 9.58. The van der Waals surface area contributed by atoms with E-state index in [0.717, 1.165) is 6.42 Å². The van der Waals surface area contributed by atoms with Gasteiger partial charge in [-0.1, -0.05) is 26.0 Å². The summed E-state index contributed by atoms with van der Waals surface area (Å²) in [5.41, 5.74) is 0.641. The molecule has 5 heteroatoms. The summed E-state index contributed by atoms with van der Waals surface area (Å²) < 4.78 is 5.58. The molecule has 1 aromatic rings. The number of urea groups is 1. The number of amides is 2. The number of benzene rings is 1. The van der Waals surface area contributed by atoms with Crippen molar-refractivity contribution >= 4 is 11.7 Å². The van der Waals surface area contributed by atoms with Crippen LogP contribution in [0, 0.1) is 5.92 Å². The Bertz CT molecular complexity index is 423. The fraction of sp³-hybridized carbons (Fsp3) is 0.533. The lowest BCUT2D eigenvalue weighted by atomic mass is 10.1. The SMILES string of the molecule is CCCOc1ccccc1NC(=O)NC(C)C(C)CO. The number of aliphatic hydroxyl groups excluding tert-OH is 1. The Labute approximate surface area is 120 Å². The lowest BCUT2D eigenvalue weighted by molar-refractivity contribution is 0.204. The Hall–Kier alpha value is -1.75. The van der Waals surface area contributed by atoms with Crippen LogP contribution >= 0.6 is 0 Å². The molecule has 0 saturated heterocycles. The summed E-state index contributed by atoms with van der Waals surface area (Å²) in [4.78, 5) is 11.9. The fourth-order valence-corrected chi connectivity index (χ4v) is 1.57. The van der Waals surface area contributed by atoms with Crippen molar-refractivity contribution in [2.75, 3.05) is 18.5 Å². The van der Waals surface area contributed by atoms with Gasteiger partial charge in [-0.25, -0.2) is 4.79 Å². The highest BCUT2D eigenvalue weighted by Gasteiger charge is 2.14. The third kappa shape index (κ3) is 5.09. The zero-order valence-corrected chi connectivity index (χ0v) is 12.3. The number of ether oxygens (including phenoxy) is 1. The van der Waals surface area contributed by atoms with E-state index in [1.165, 1.54) is 0 Å². The van der Waals surface area contributed by atoms with Crippen LogP contribution in [0.4, 0.5) is 10.5 Å². The predicted octanol–water partition coefficient (Wildman–Crippen LogP) is 2.61. The first-order valence-electron chi connectivity index (χ1n) is 6.98. The van der Waals surface area contributed by atoms with Crippen molar-refractivity contribution in [2.45, 2.75) is 33.2 Å². The second-order valence-corrected chi connectivity index (χ2v) is 4.89. The van der Waals surface area contributed by atoms with Crippen LogP contribution in [-0.4, -0.2) is 30.4 Å². The van der Waals surface area contributed by atoms with E-state index >= 15 is 0 Å². The lowest BCUT2D eigenvalue weighted by Gasteiger charge is -2.20.